The molecule has 5 heteroatoms. The molecule has 1 saturated heterocycles. The Morgan fingerprint density at radius 1 is 1.17 bits per heavy atom. The molecule has 1 aliphatic heterocycles. The molecule has 1 amide bonds. The lowest BCUT2D eigenvalue weighted by Crippen LogP contribution is -2.19. The number of carbonyl (C=O) groups excluding carboxylic acids is 1. The van der Waals surface area contributed by atoms with Crippen LogP contribution in [0, 0.1) is 19.7 Å². The summed E-state index contributed by atoms with van der Waals surface area (Å²) < 4.78 is 13.2. The van der Waals surface area contributed by atoms with Crippen LogP contribution in [-0.2, 0) is 4.79 Å². The van der Waals surface area contributed by atoms with Gasteiger partial charge in [0.25, 0.3) is 5.91 Å². The van der Waals surface area contributed by atoms with Crippen molar-refractivity contribution in [3.8, 4) is 0 Å². The van der Waals surface area contributed by atoms with Gasteiger partial charge in [-0.15, -0.1) is 0 Å². The quantitative estimate of drug-likeness (QED) is 0.834. The maximum Gasteiger partial charge on any atom is 0.264 e. The van der Waals surface area contributed by atoms with Gasteiger partial charge in [-0.2, -0.15) is 0 Å². The van der Waals surface area contributed by atoms with Crippen molar-refractivity contribution in [1.29, 1.82) is 0 Å². The Balaban J connectivity index is 1.87. The van der Waals surface area contributed by atoms with Gasteiger partial charge in [-0.25, -0.2) is 9.38 Å². The van der Waals surface area contributed by atoms with Crippen LogP contribution in [0.3, 0.4) is 0 Å². The number of thioether (sulfide) groups is 1. The van der Waals surface area contributed by atoms with Crippen molar-refractivity contribution in [2.24, 2.45) is 4.99 Å². The molecule has 0 aliphatic carbocycles. The van der Waals surface area contributed by atoms with Gasteiger partial charge in [-0.05, 0) is 66.6 Å². The minimum absolute atomic E-state index is 0.219. The zero-order valence-electron chi connectivity index (χ0n) is 12.8. The molecule has 2 aromatic rings. The fourth-order valence-corrected chi connectivity index (χ4v) is 3.01. The third-order valence-electron chi connectivity index (χ3n) is 3.38. The fraction of sp³-hybridized carbons (Fsp3) is 0.111. The van der Waals surface area contributed by atoms with Gasteiger partial charge >= 0.3 is 0 Å². The summed E-state index contributed by atoms with van der Waals surface area (Å²) in [5.41, 5.74) is 3.63. The van der Waals surface area contributed by atoms with Gasteiger partial charge in [-0.1, -0.05) is 24.3 Å². The first-order valence-corrected chi connectivity index (χ1v) is 7.95. The van der Waals surface area contributed by atoms with Gasteiger partial charge in [0.15, 0.2) is 5.17 Å². The number of hydrogen-bond acceptors (Lipinski definition) is 3. The molecule has 3 nitrogen and oxygen atoms in total. The number of aryl methyl sites for hydroxylation is 2. The number of halogens is 1. The van der Waals surface area contributed by atoms with Crippen LogP contribution < -0.4 is 5.32 Å². The van der Waals surface area contributed by atoms with E-state index >= 15 is 0 Å². The number of amidine groups is 1. The molecule has 0 atom stereocenters. The molecule has 2 aromatic carbocycles. The first-order valence-electron chi connectivity index (χ1n) is 7.14. The van der Waals surface area contributed by atoms with Crippen LogP contribution in [0.25, 0.3) is 6.08 Å². The van der Waals surface area contributed by atoms with Crippen molar-refractivity contribution < 1.29 is 9.18 Å². The second-order valence-electron chi connectivity index (χ2n) is 5.33. The van der Waals surface area contributed by atoms with E-state index in [0.717, 1.165) is 16.8 Å². The molecule has 0 radical (unpaired) electrons. The average molecular weight is 326 g/mol. The van der Waals surface area contributed by atoms with Crippen molar-refractivity contribution in [1.82, 2.24) is 5.32 Å². The Morgan fingerprint density at radius 3 is 2.78 bits per heavy atom. The standard InChI is InChI=1S/C18H15FN2OS/c1-11-6-7-12(2)15(8-11)20-18-21-17(22)16(23-18)10-13-4-3-5-14(19)9-13/h3-10H,1-2H3,(H,20,21,22)/b16-10-. The second kappa shape index (κ2) is 6.38. The molecule has 1 aliphatic rings. The van der Waals surface area contributed by atoms with Crippen LogP contribution in [0.5, 0.6) is 0 Å². The van der Waals surface area contributed by atoms with E-state index in [9.17, 15) is 9.18 Å². The zero-order valence-corrected chi connectivity index (χ0v) is 13.6. The highest BCUT2D eigenvalue weighted by Crippen LogP contribution is 2.29. The minimum atomic E-state index is -0.327. The van der Waals surface area contributed by atoms with Gasteiger partial charge in [0, 0.05) is 0 Å². The maximum atomic E-state index is 13.2. The summed E-state index contributed by atoms with van der Waals surface area (Å²) in [7, 11) is 0. The van der Waals surface area contributed by atoms with Crippen molar-refractivity contribution in [2.45, 2.75) is 13.8 Å². The van der Waals surface area contributed by atoms with Crippen LogP contribution >= 0.6 is 11.8 Å². The molecule has 0 unspecified atom stereocenters. The van der Waals surface area contributed by atoms with Crippen LogP contribution in [0.15, 0.2) is 52.4 Å². The van der Waals surface area contributed by atoms with Crippen LogP contribution in [0.1, 0.15) is 16.7 Å². The Labute approximate surface area is 138 Å². The van der Waals surface area contributed by atoms with E-state index in [1.165, 1.54) is 23.9 Å². The number of hydrogen-bond donors (Lipinski definition) is 1. The van der Waals surface area contributed by atoms with E-state index in [4.69, 9.17) is 0 Å². The lowest BCUT2D eigenvalue weighted by molar-refractivity contribution is -0.115. The molecule has 1 fully saturated rings. The Hall–Kier alpha value is -2.40. The van der Waals surface area contributed by atoms with Gasteiger partial charge in [-0.3, -0.25) is 4.79 Å². The van der Waals surface area contributed by atoms with E-state index in [1.807, 2.05) is 32.0 Å². The maximum absolute atomic E-state index is 13.2. The Kier molecular flexibility index (Phi) is 4.30. The smallest absolute Gasteiger partial charge is 0.264 e. The summed E-state index contributed by atoms with van der Waals surface area (Å²) >= 11 is 1.26. The topological polar surface area (TPSA) is 41.5 Å². The number of carbonyl (C=O) groups is 1. The first-order chi connectivity index (χ1) is 11.0. The molecular formula is C18H15FN2OS. The Morgan fingerprint density at radius 2 is 2.00 bits per heavy atom. The summed E-state index contributed by atoms with van der Waals surface area (Å²) in [6.45, 7) is 3.97. The van der Waals surface area contributed by atoms with Crippen molar-refractivity contribution >= 4 is 34.6 Å². The third-order valence-corrected chi connectivity index (χ3v) is 4.29. The number of nitrogens with one attached hydrogen (secondary N) is 1. The van der Waals surface area contributed by atoms with E-state index in [0.29, 0.717) is 15.6 Å². The van der Waals surface area contributed by atoms with Gasteiger partial charge in [0.2, 0.25) is 0 Å². The monoisotopic (exact) mass is 326 g/mol. The summed E-state index contributed by atoms with van der Waals surface area (Å²) in [6, 6.07) is 12.1. The molecule has 0 aromatic heterocycles. The first kappa shape index (κ1) is 15.5. The summed E-state index contributed by atoms with van der Waals surface area (Å²) in [6.07, 6.45) is 1.66. The van der Waals surface area contributed by atoms with E-state index in [1.54, 1.807) is 18.2 Å². The summed E-state index contributed by atoms with van der Waals surface area (Å²) in [4.78, 5) is 17.1. The molecule has 0 saturated carbocycles. The van der Waals surface area contributed by atoms with Gasteiger partial charge < -0.3 is 5.32 Å². The average Bonchev–Trinajstić information content (AvgIpc) is 2.83. The highest BCUT2D eigenvalue weighted by atomic mass is 32.2. The summed E-state index contributed by atoms with van der Waals surface area (Å²) in [5, 5.41) is 3.28. The van der Waals surface area contributed by atoms with E-state index in [2.05, 4.69) is 10.3 Å². The predicted molar refractivity (Wildman–Crippen MR) is 93.1 cm³/mol. The molecule has 1 heterocycles. The molecule has 1 N–H and O–H groups in total. The molecular weight excluding hydrogens is 311 g/mol. The fourth-order valence-electron chi connectivity index (χ4n) is 2.18. The number of nitrogens with zero attached hydrogens (tertiary/aromatic N) is 1. The molecule has 0 bridgehead atoms. The van der Waals surface area contributed by atoms with E-state index < -0.39 is 0 Å². The molecule has 23 heavy (non-hydrogen) atoms. The normalized spacial score (nSPS) is 17.8. The van der Waals surface area contributed by atoms with Crippen molar-refractivity contribution in [2.75, 3.05) is 0 Å². The minimum Gasteiger partial charge on any atom is -0.300 e. The second-order valence-corrected chi connectivity index (χ2v) is 6.36. The van der Waals surface area contributed by atoms with Crippen LogP contribution in [0.2, 0.25) is 0 Å². The van der Waals surface area contributed by atoms with Crippen LogP contribution in [-0.4, -0.2) is 11.1 Å². The molecule has 3 rings (SSSR count). The predicted octanol–water partition coefficient (Wildman–Crippen LogP) is 4.33. The lowest BCUT2D eigenvalue weighted by atomic mass is 10.1. The SMILES string of the molecule is Cc1ccc(C)c(N=C2NC(=O)/C(=C/c3cccc(F)c3)S2)c1. The van der Waals surface area contributed by atoms with Gasteiger partial charge in [0.1, 0.15) is 5.82 Å². The van der Waals surface area contributed by atoms with Gasteiger partial charge in [0.05, 0.1) is 10.6 Å². The zero-order chi connectivity index (χ0) is 16.4. The summed E-state index contributed by atoms with van der Waals surface area (Å²) in [5.74, 6) is -0.546. The van der Waals surface area contributed by atoms with E-state index in [-0.39, 0.29) is 11.7 Å². The highest BCUT2D eigenvalue weighted by Gasteiger charge is 2.24. The van der Waals surface area contributed by atoms with Crippen molar-refractivity contribution in [3.63, 3.8) is 0 Å². The Bertz CT molecular complexity index is 843. The molecule has 116 valence electrons. The highest BCUT2D eigenvalue weighted by molar-refractivity contribution is 8.18. The number of aliphatic imine (C=N–C) groups is 1. The lowest BCUT2D eigenvalue weighted by Gasteiger charge is -2.02. The van der Waals surface area contributed by atoms with Crippen molar-refractivity contribution in [3.05, 3.63) is 69.9 Å². The molecule has 0 spiro atoms. The number of benzene rings is 2. The third kappa shape index (κ3) is 3.68. The van der Waals surface area contributed by atoms with Crippen LogP contribution in [0.4, 0.5) is 10.1 Å². The number of rotatable bonds is 2. The number of amides is 1. The largest absolute Gasteiger partial charge is 0.300 e.